The lowest BCUT2D eigenvalue weighted by Gasteiger charge is -2.10. The molecule has 2 aromatic heterocycles. The first kappa shape index (κ1) is 21.7. The van der Waals surface area contributed by atoms with Crippen LogP contribution in [0.1, 0.15) is 50.1 Å². The molecule has 7 nitrogen and oxygen atoms in total. The number of nitrogens with zero attached hydrogens (tertiary/aromatic N) is 5. The highest BCUT2D eigenvalue weighted by atomic mass is 16.1. The number of hydrogen-bond donors (Lipinski definition) is 1. The van der Waals surface area contributed by atoms with Crippen LogP contribution in [0.15, 0.2) is 53.3 Å². The van der Waals surface area contributed by atoms with Gasteiger partial charge >= 0.3 is 5.69 Å². The van der Waals surface area contributed by atoms with Gasteiger partial charge in [0.1, 0.15) is 0 Å². The summed E-state index contributed by atoms with van der Waals surface area (Å²) in [5, 5.41) is 14.5. The zero-order valence-corrected chi connectivity index (χ0v) is 19.0. The standard InChI is InChI=1S/C25H30N6O/c1-4-6-16-30-18(3)23(9-5-2)31(25(30)32)17-19-12-14-20(15-13-19)21-10-7-8-11-22(21)24-26-28-29-27-24/h7-8,10-15H,4-6,9,16-17H2,1-3H3,(H,26,27,28,29). The van der Waals surface area contributed by atoms with Crippen LogP contribution in [0.4, 0.5) is 0 Å². The van der Waals surface area contributed by atoms with E-state index in [1.807, 2.05) is 27.3 Å². The van der Waals surface area contributed by atoms with Crippen molar-refractivity contribution in [1.82, 2.24) is 29.8 Å². The lowest BCUT2D eigenvalue weighted by atomic mass is 9.98. The minimum atomic E-state index is 0.103. The van der Waals surface area contributed by atoms with Crippen molar-refractivity contribution in [3.05, 3.63) is 76.0 Å². The molecule has 0 fully saturated rings. The quantitative estimate of drug-likeness (QED) is 0.421. The number of imidazole rings is 1. The smallest absolute Gasteiger partial charge is 0.296 e. The van der Waals surface area contributed by atoms with E-state index in [0.29, 0.717) is 12.4 Å². The molecule has 4 aromatic rings. The lowest BCUT2D eigenvalue weighted by molar-refractivity contribution is 0.584. The normalized spacial score (nSPS) is 11.2. The molecule has 0 saturated carbocycles. The average molecular weight is 431 g/mol. The first-order valence-electron chi connectivity index (χ1n) is 11.3. The average Bonchev–Trinajstić information content (AvgIpc) is 3.43. The maximum atomic E-state index is 13.2. The van der Waals surface area contributed by atoms with E-state index in [4.69, 9.17) is 0 Å². The van der Waals surface area contributed by atoms with Crippen molar-refractivity contribution in [2.24, 2.45) is 0 Å². The van der Waals surface area contributed by atoms with E-state index in [1.165, 1.54) is 0 Å². The molecule has 0 aliphatic carbocycles. The van der Waals surface area contributed by atoms with Crippen molar-refractivity contribution in [3.8, 4) is 22.5 Å². The molecule has 166 valence electrons. The monoisotopic (exact) mass is 430 g/mol. The van der Waals surface area contributed by atoms with Crippen LogP contribution >= 0.6 is 0 Å². The number of hydrogen-bond acceptors (Lipinski definition) is 4. The molecule has 0 spiro atoms. The highest BCUT2D eigenvalue weighted by Gasteiger charge is 2.16. The number of tetrazole rings is 1. The van der Waals surface area contributed by atoms with Gasteiger partial charge in [-0.1, -0.05) is 75.2 Å². The topological polar surface area (TPSA) is 81.4 Å². The van der Waals surface area contributed by atoms with Gasteiger partial charge in [0.2, 0.25) is 5.82 Å². The van der Waals surface area contributed by atoms with Crippen molar-refractivity contribution in [1.29, 1.82) is 0 Å². The van der Waals surface area contributed by atoms with Crippen LogP contribution in [-0.2, 0) is 19.5 Å². The van der Waals surface area contributed by atoms with Crippen molar-refractivity contribution < 1.29 is 0 Å². The van der Waals surface area contributed by atoms with Crippen molar-refractivity contribution in [2.75, 3.05) is 0 Å². The summed E-state index contributed by atoms with van der Waals surface area (Å²) < 4.78 is 3.90. The Hall–Kier alpha value is -3.48. The molecule has 7 heteroatoms. The van der Waals surface area contributed by atoms with Gasteiger partial charge in [0.15, 0.2) is 0 Å². The van der Waals surface area contributed by atoms with Gasteiger partial charge in [-0.15, -0.1) is 10.2 Å². The highest BCUT2D eigenvalue weighted by molar-refractivity contribution is 5.80. The molecule has 0 radical (unpaired) electrons. The molecule has 0 amide bonds. The van der Waals surface area contributed by atoms with Gasteiger partial charge in [-0.05, 0) is 41.7 Å². The van der Waals surface area contributed by atoms with Gasteiger partial charge in [-0.3, -0.25) is 9.13 Å². The molecule has 4 rings (SSSR count). The summed E-state index contributed by atoms with van der Waals surface area (Å²) in [6, 6.07) is 16.4. The molecule has 0 unspecified atom stereocenters. The Labute approximate surface area is 188 Å². The zero-order valence-electron chi connectivity index (χ0n) is 19.0. The second-order valence-electron chi connectivity index (χ2n) is 8.13. The van der Waals surface area contributed by atoms with E-state index in [2.05, 4.69) is 71.7 Å². The maximum absolute atomic E-state index is 13.2. The van der Waals surface area contributed by atoms with E-state index < -0.39 is 0 Å². The van der Waals surface area contributed by atoms with E-state index in [9.17, 15) is 4.79 Å². The number of rotatable bonds is 9. The number of nitrogens with one attached hydrogen (secondary N) is 1. The first-order valence-corrected chi connectivity index (χ1v) is 11.3. The third kappa shape index (κ3) is 4.28. The molecule has 0 aliphatic heterocycles. The Bertz CT molecular complexity index is 1220. The van der Waals surface area contributed by atoms with Crippen molar-refractivity contribution in [2.45, 2.75) is 59.5 Å². The summed E-state index contributed by atoms with van der Waals surface area (Å²) in [6.07, 6.45) is 4.03. The van der Waals surface area contributed by atoms with Crippen LogP contribution in [0.5, 0.6) is 0 Å². The molecule has 32 heavy (non-hydrogen) atoms. The lowest BCUT2D eigenvalue weighted by Crippen LogP contribution is -2.26. The first-order chi connectivity index (χ1) is 15.6. The Morgan fingerprint density at radius 3 is 2.34 bits per heavy atom. The summed E-state index contributed by atoms with van der Waals surface area (Å²) >= 11 is 0. The largest absolute Gasteiger partial charge is 0.328 e. The summed E-state index contributed by atoms with van der Waals surface area (Å²) in [5.41, 5.74) is 6.52. The van der Waals surface area contributed by atoms with Crippen molar-refractivity contribution in [3.63, 3.8) is 0 Å². The molecule has 0 atom stereocenters. The fourth-order valence-electron chi connectivity index (χ4n) is 4.23. The van der Waals surface area contributed by atoms with Gasteiger partial charge in [-0.25, -0.2) is 4.79 Å². The van der Waals surface area contributed by atoms with Gasteiger partial charge in [0, 0.05) is 23.5 Å². The molecule has 2 aromatic carbocycles. The maximum Gasteiger partial charge on any atom is 0.328 e. The van der Waals surface area contributed by atoms with Gasteiger partial charge < -0.3 is 0 Å². The second-order valence-corrected chi connectivity index (χ2v) is 8.13. The Morgan fingerprint density at radius 1 is 0.938 bits per heavy atom. The minimum Gasteiger partial charge on any atom is -0.296 e. The van der Waals surface area contributed by atoms with Gasteiger partial charge in [0.05, 0.1) is 6.54 Å². The van der Waals surface area contributed by atoms with E-state index in [-0.39, 0.29) is 5.69 Å². The summed E-state index contributed by atoms with van der Waals surface area (Å²) in [5.74, 6) is 0.573. The number of aromatic amines is 1. The third-order valence-electron chi connectivity index (χ3n) is 5.95. The van der Waals surface area contributed by atoms with Crippen LogP contribution < -0.4 is 5.69 Å². The summed E-state index contributed by atoms with van der Waals surface area (Å²) in [6.45, 7) is 7.77. The minimum absolute atomic E-state index is 0.103. The SMILES string of the molecule is CCCCn1c(C)c(CCC)n(Cc2ccc(-c3ccccc3-c3nn[nH]n3)cc2)c1=O. The molecular weight excluding hydrogens is 400 g/mol. The number of unbranched alkanes of at least 4 members (excludes halogenated alkanes) is 1. The third-order valence-corrected chi connectivity index (χ3v) is 5.95. The highest BCUT2D eigenvalue weighted by Crippen LogP contribution is 2.29. The predicted molar refractivity (Wildman–Crippen MR) is 126 cm³/mol. The summed E-state index contributed by atoms with van der Waals surface area (Å²) in [4.78, 5) is 13.2. The zero-order chi connectivity index (χ0) is 22.5. The predicted octanol–water partition coefficient (Wildman–Crippen LogP) is 4.61. The molecule has 0 aliphatic rings. The second kappa shape index (κ2) is 9.77. The summed E-state index contributed by atoms with van der Waals surface area (Å²) in [7, 11) is 0. The van der Waals surface area contributed by atoms with Gasteiger partial charge in [-0.2, -0.15) is 5.21 Å². The number of aromatic nitrogens is 6. The van der Waals surface area contributed by atoms with Crippen LogP contribution in [0.3, 0.4) is 0 Å². The number of H-pyrrole nitrogens is 1. The number of benzene rings is 2. The van der Waals surface area contributed by atoms with Crippen molar-refractivity contribution >= 4 is 0 Å². The molecule has 2 heterocycles. The fourth-order valence-corrected chi connectivity index (χ4v) is 4.23. The molecule has 1 N–H and O–H groups in total. The molecule has 0 saturated heterocycles. The molecular formula is C25H30N6O. The van der Waals surface area contributed by atoms with Crippen LogP contribution in [0, 0.1) is 6.92 Å². The molecule has 0 bridgehead atoms. The van der Waals surface area contributed by atoms with Crippen LogP contribution in [0.2, 0.25) is 0 Å². The fraction of sp³-hybridized carbons (Fsp3) is 0.360. The Balaban J connectivity index is 1.64. The van der Waals surface area contributed by atoms with E-state index in [0.717, 1.165) is 65.9 Å². The van der Waals surface area contributed by atoms with Crippen LogP contribution in [-0.4, -0.2) is 29.8 Å². The Kier molecular flexibility index (Phi) is 6.63. The van der Waals surface area contributed by atoms with E-state index in [1.54, 1.807) is 0 Å². The Morgan fingerprint density at radius 2 is 1.69 bits per heavy atom. The van der Waals surface area contributed by atoms with Crippen LogP contribution in [0.25, 0.3) is 22.5 Å². The van der Waals surface area contributed by atoms with E-state index >= 15 is 0 Å². The van der Waals surface area contributed by atoms with Gasteiger partial charge in [0.25, 0.3) is 0 Å².